The van der Waals surface area contributed by atoms with Crippen LogP contribution in [0.15, 0.2) is 0 Å². The first-order chi connectivity index (χ1) is 8.42. The van der Waals surface area contributed by atoms with E-state index in [-0.39, 0.29) is 26.2 Å². The Kier molecular flexibility index (Phi) is 7.66. The Morgan fingerprint density at radius 3 is 2.22 bits per heavy atom. The summed E-state index contributed by atoms with van der Waals surface area (Å²) in [5.41, 5.74) is 0. The third kappa shape index (κ3) is 6.17. The molecule has 0 aromatic heterocycles. The molecule has 0 heterocycles. The number of nitrogens with zero attached hydrogens (tertiary/aromatic N) is 1. The first-order valence-corrected chi connectivity index (χ1v) is 5.86. The Labute approximate surface area is 106 Å². The molecule has 0 aromatic rings. The van der Waals surface area contributed by atoms with Crippen molar-refractivity contribution >= 4 is 11.9 Å². The minimum absolute atomic E-state index is 0.170. The minimum atomic E-state index is -0.839. The summed E-state index contributed by atoms with van der Waals surface area (Å²) < 4.78 is 9.56. The van der Waals surface area contributed by atoms with E-state index in [9.17, 15) is 19.7 Å². The van der Waals surface area contributed by atoms with Gasteiger partial charge in [0, 0.05) is 10.8 Å². The topological polar surface area (TPSA) is 95.7 Å². The van der Waals surface area contributed by atoms with Crippen molar-refractivity contribution in [2.24, 2.45) is 11.8 Å². The van der Waals surface area contributed by atoms with Gasteiger partial charge in [-0.2, -0.15) is 0 Å². The van der Waals surface area contributed by atoms with Crippen LogP contribution >= 0.6 is 0 Å². The highest BCUT2D eigenvalue weighted by Gasteiger charge is 2.32. The number of hydrogen-bond acceptors (Lipinski definition) is 6. The van der Waals surface area contributed by atoms with Gasteiger partial charge < -0.3 is 9.47 Å². The second-order valence-corrected chi connectivity index (χ2v) is 3.86. The lowest BCUT2D eigenvalue weighted by Crippen LogP contribution is -2.31. The molecule has 0 fully saturated rings. The molecule has 0 radical (unpaired) electrons. The summed E-state index contributed by atoms with van der Waals surface area (Å²) in [6, 6.07) is 0. The molecule has 7 nitrogen and oxygen atoms in total. The summed E-state index contributed by atoms with van der Waals surface area (Å²) >= 11 is 0. The van der Waals surface area contributed by atoms with Crippen molar-refractivity contribution in [3.05, 3.63) is 10.1 Å². The first-order valence-electron chi connectivity index (χ1n) is 5.86. The van der Waals surface area contributed by atoms with Crippen molar-refractivity contribution < 1.29 is 24.0 Å². The number of rotatable bonds is 8. The number of nitro groups is 1. The molecule has 0 rings (SSSR count). The second kappa shape index (κ2) is 8.43. The molecule has 0 aliphatic carbocycles. The molecule has 0 saturated heterocycles. The van der Waals surface area contributed by atoms with Gasteiger partial charge in [-0.05, 0) is 13.8 Å². The smallest absolute Gasteiger partial charge is 0.310 e. The van der Waals surface area contributed by atoms with Crippen molar-refractivity contribution in [2.45, 2.75) is 27.2 Å². The zero-order valence-electron chi connectivity index (χ0n) is 10.9. The molecule has 2 atom stereocenters. The molecule has 18 heavy (non-hydrogen) atoms. The van der Waals surface area contributed by atoms with Crippen molar-refractivity contribution in [1.29, 1.82) is 0 Å². The fourth-order valence-electron chi connectivity index (χ4n) is 1.53. The first kappa shape index (κ1) is 16.3. The van der Waals surface area contributed by atoms with E-state index in [2.05, 4.69) is 0 Å². The Balaban J connectivity index is 4.65. The maximum absolute atomic E-state index is 11.7. The van der Waals surface area contributed by atoms with Gasteiger partial charge in [0.2, 0.25) is 6.54 Å². The number of hydrogen-bond donors (Lipinski definition) is 0. The molecule has 7 heteroatoms. The molecule has 0 saturated carbocycles. The number of carbonyl (C=O) groups excluding carboxylic acids is 2. The summed E-state index contributed by atoms with van der Waals surface area (Å²) in [6.45, 7) is 4.82. The summed E-state index contributed by atoms with van der Waals surface area (Å²) in [4.78, 5) is 32.9. The molecule has 0 N–H and O–H groups in total. The molecular formula is C11H19NO6. The van der Waals surface area contributed by atoms with Crippen LogP contribution in [0, 0.1) is 22.0 Å². The molecule has 2 unspecified atom stereocenters. The number of ether oxygens (including phenoxy) is 2. The lowest BCUT2D eigenvalue weighted by Gasteiger charge is -2.18. The minimum Gasteiger partial charge on any atom is -0.466 e. The number of esters is 2. The molecule has 0 bridgehead atoms. The van der Waals surface area contributed by atoms with Gasteiger partial charge in [-0.3, -0.25) is 19.7 Å². The SMILES string of the molecule is CCOC(=O)CC(C(=O)OCC)C(C)C[N+](=O)[O-]. The maximum Gasteiger partial charge on any atom is 0.310 e. The fraction of sp³-hybridized carbons (Fsp3) is 0.818. The van der Waals surface area contributed by atoms with E-state index in [4.69, 9.17) is 9.47 Å². The Morgan fingerprint density at radius 1 is 1.22 bits per heavy atom. The van der Waals surface area contributed by atoms with Crippen LogP contribution in [0.5, 0.6) is 0 Å². The summed E-state index contributed by atoms with van der Waals surface area (Å²) in [7, 11) is 0. The van der Waals surface area contributed by atoms with Gasteiger partial charge >= 0.3 is 11.9 Å². The highest BCUT2D eigenvalue weighted by atomic mass is 16.6. The van der Waals surface area contributed by atoms with E-state index in [1.807, 2.05) is 0 Å². The van der Waals surface area contributed by atoms with Gasteiger partial charge in [0.25, 0.3) is 0 Å². The van der Waals surface area contributed by atoms with Crippen molar-refractivity contribution in [3.63, 3.8) is 0 Å². The highest BCUT2D eigenvalue weighted by Crippen LogP contribution is 2.19. The van der Waals surface area contributed by atoms with Gasteiger partial charge in [0.05, 0.1) is 25.6 Å². The zero-order valence-corrected chi connectivity index (χ0v) is 10.9. The summed E-state index contributed by atoms with van der Waals surface area (Å²) in [6.07, 6.45) is -0.193. The second-order valence-electron chi connectivity index (χ2n) is 3.86. The van der Waals surface area contributed by atoms with Gasteiger partial charge in [-0.15, -0.1) is 0 Å². The van der Waals surface area contributed by atoms with Crippen LogP contribution in [0.3, 0.4) is 0 Å². The van der Waals surface area contributed by atoms with Crippen LogP contribution < -0.4 is 0 Å². The predicted octanol–water partition coefficient (Wildman–Crippen LogP) is 1.03. The van der Waals surface area contributed by atoms with Crippen LogP contribution in [-0.2, 0) is 19.1 Å². The van der Waals surface area contributed by atoms with E-state index in [1.165, 1.54) is 0 Å². The third-order valence-corrected chi connectivity index (χ3v) is 2.41. The van der Waals surface area contributed by atoms with E-state index >= 15 is 0 Å². The standard InChI is InChI=1S/C11H19NO6/c1-4-17-10(13)6-9(11(14)18-5-2)8(3)7-12(15)16/h8-9H,4-7H2,1-3H3. The fourth-order valence-corrected chi connectivity index (χ4v) is 1.53. The van der Waals surface area contributed by atoms with Crippen LogP contribution in [0.2, 0.25) is 0 Å². The van der Waals surface area contributed by atoms with E-state index in [0.29, 0.717) is 0 Å². The quantitative estimate of drug-likeness (QED) is 0.368. The Morgan fingerprint density at radius 2 is 1.78 bits per heavy atom. The van der Waals surface area contributed by atoms with Gasteiger partial charge in [-0.1, -0.05) is 6.92 Å². The van der Waals surface area contributed by atoms with E-state index < -0.39 is 28.7 Å². The molecular weight excluding hydrogens is 242 g/mol. The average molecular weight is 261 g/mol. The van der Waals surface area contributed by atoms with Crippen LogP contribution in [0.4, 0.5) is 0 Å². The monoisotopic (exact) mass is 261 g/mol. The average Bonchev–Trinajstić information content (AvgIpc) is 2.25. The Hall–Kier alpha value is -1.66. The molecule has 0 aliphatic rings. The molecule has 104 valence electrons. The third-order valence-electron chi connectivity index (χ3n) is 2.41. The van der Waals surface area contributed by atoms with Crippen molar-refractivity contribution in [3.8, 4) is 0 Å². The van der Waals surface area contributed by atoms with Crippen molar-refractivity contribution in [1.82, 2.24) is 0 Å². The molecule has 0 amide bonds. The van der Waals surface area contributed by atoms with Crippen LogP contribution in [0.1, 0.15) is 27.2 Å². The van der Waals surface area contributed by atoms with Gasteiger partial charge in [0.1, 0.15) is 0 Å². The molecule has 0 aromatic carbocycles. The van der Waals surface area contributed by atoms with E-state index in [0.717, 1.165) is 0 Å². The van der Waals surface area contributed by atoms with Crippen LogP contribution in [0.25, 0.3) is 0 Å². The molecule has 0 spiro atoms. The summed E-state index contributed by atoms with van der Waals surface area (Å²) in [5, 5.41) is 10.4. The predicted molar refractivity (Wildman–Crippen MR) is 62.4 cm³/mol. The largest absolute Gasteiger partial charge is 0.466 e. The zero-order chi connectivity index (χ0) is 14.1. The normalized spacial score (nSPS) is 13.5. The van der Waals surface area contributed by atoms with Crippen LogP contribution in [-0.4, -0.2) is 36.6 Å². The summed E-state index contributed by atoms with van der Waals surface area (Å²) in [5.74, 6) is -2.57. The van der Waals surface area contributed by atoms with Crippen molar-refractivity contribution in [2.75, 3.05) is 19.8 Å². The lowest BCUT2D eigenvalue weighted by molar-refractivity contribution is -0.488. The van der Waals surface area contributed by atoms with Gasteiger partial charge in [0.15, 0.2) is 0 Å². The van der Waals surface area contributed by atoms with E-state index in [1.54, 1.807) is 20.8 Å². The number of carbonyl (C=O) groups is 2. The molecule has 0 aliphatic heterocycles. The lowest BCUT2D eigenvalue weighted by atomic mass is 9.91. The Bertz CT molecular complexity index is 304. The van der Waals surface area contributed by atoms with Gasteiger partial charge in [-0.25, -0.2) is 0 Å². The highest BCUT2D eigenvalue weighted by molar-refractivity contribution is 5.80. The maximum atomic E-state index is 11.7.